The Balaban J connectivity index is 1.75. The van der Waals surface area contributed by atoms with E-state index in [1.807, 2.05) is 0 Å². The molecule has 0 aromatic heterocycles. The first-order valence-corrected chi connectivity index (χ1v) is 9.03. The number of nitrogens with zero attached hydrogens (tertiary/aromatic N) is 1. The van der Waals surface area contributed by atoms with E-state index >= 15 is 0 Å². The van der Waals surface area contributed by atoms with Crippen LogP contribution in [0, 0.1) is 5.41 Å². The number of carbonyl (C=O) groups is 1. The van der Waals surface area contributed by atoms with Crippen LogP contribution in [-0.4, -0.2) is 28.5 Å². The monoisotopic (exact) mass is 335 g/mol. The van der Waals surface area contributed by atoms with Crippen LogP contribution >= 0.6 is 0 Å². The van der Waals surface area contributed by atoms with Crippen molar-refractivity contribution in [1.29, 1.82) is 0 Å². The molecule has 4 rings (SSSR count). The van der Waals surface area contributed by atoms with E-state index in [4.69, 9.17) is 0 Å². The lowest BCUT2D eigenvalue weighted by Gasteiger charge is -2.60. The lowest BCUT2D eigenvalue weighted by Crippen LogP contribution is -2.64. The van der Waals surface area contributed by atoms with Crippen LogP contribution in [-0.2, 0) is 11.8 Å². The van der Waals surface area contributed by atoms with E-state index in [-0.39, 0.29) is 28.5 Å². The molecule has 0 spiro atoms. The molecule has 2 aromatic rings. The van der Waals surface area contributed by atoms with E-state index in [2.05, 4.69) is 49.9 Å². The Morgan fingerprint density at radius 2 is 1.76 bits per heavy atom. The maximum Gasteiger partial charge on any atom is 0.254 e. The van der Waals surface area contributed by atoms with E-state index in [9.17, 15) is 9.90 Å². The van der Waals surface area contributed by atoms with Crippen LogP contribution in [0.1, 0.15) is 48.7 Å². The fourth-order valence-corrected chi connectivity index (χ4v) is 4.88. The van der Waals surface area contributed by atoms with Crippen LogP contribution in [0.5, 0.6) is 5.75 Å². The average Bonchev–Trinajstić information content (AvgIpc) is 2.58. The van der Waals surface area contributed by atoms with Gasteiger partial charge in [-0.05, 0) is 53.6 Å². The van der Waals surface area contributed by atoms with Gasteiger partial charge in [0.05, 0.1) is 0 Å². The van der Waals surface area contributed by atoms with Gasteiger partial charge in [-0.1, -0.05) is 45.0 Å². The topological polar surface area (TPSA) is 40.5 Å². The molecule has 2 aliphatic rings. The van der Waals surface area contributed by atoms with Crippen molar-refractivity contribution in [1.82, 2.24) is 4.90 Å². The number of piperidine rings is 1. The summed E-state index contributed by atoms with van der Waals surface area (Å²) in [5, 5.41) is 9.49. The molecule has 1 N–H and O–H groups in total. The first kappa shape index (κ1) is 16.2. The second kappa shape index (κ2) is 5.35. The minimum Gasteiger partial charge on any atom is -0.508 e. The molecule has 1 aliphatic heterocycles. The zero-order valence-electron chi connectivity index (χ0n) is 15.1. The number of hydrogen-bond donors (Lipinski definition) is 1. The van der Waals surface area contributed by atoms with Gasteiger partial charge in [0.2, 0.25) is 0 Å². The van der Waals surface area contributed by atoms with E-state index in [1.165, 1.54) is 11.1 Å². The van der Waals surface area contributed by atoms with Gasteiger partial charge < -0.3 is 10.0 Å². The second-order valence-electron chi connectivity index (χ2n) is 8.23. The average molecular weight is 335 g/mol. The summed E-state index contributed by atoms with van der Waals surface area (Å²) < 4.78 is 0. The number of phenols is 1. The summed E-state index contributed by atoms with van der Waals surface area (Å²) in [6.45, 7) is 7.76. The molecule has 2 bridgehead atoms. The predicted octanol–water partition coefficient (Wildman–Crippen LogP) is 4.15. The third-order valence-corrected chi connectivity index (χ3v) is 6.88. The number of hydrogen-bond acceptors (Lipinski definition) is 2. The predicted molar refractivity (Wildman–Crippen MR) is 98.8 cm³/mol. The van der Waals surface area contributed by atoms with Gasteiger partial charge in [0, 0.05) is 23.6 Å². The van der Waals surface area contributed by atoms with Gasteiger partial charge in [0.15, 0.2) is 0 Å². The summed E-state index contributed by atoms with van der Waals surface area (Å²) in [5.41, 5.74) is 3.56. The Bertz CT molecular complexity index is 824. The summed E-state index contributed by atoms with van der Waals surface area (Å²) in [5.74, 6) is 0.259. The summed E-state index contributed by atoms with van der Waals surface area (Å²) >= 11 is 0. The Hall–Kier alpha value is -2.29. The molecular formula is C22H25NO2. The number of carbonyl (C=O) groups excluding carboxylic acids is 1. The van der Waals surface area contributed by atoms with Gasteiger partial charge in [-0.15, -0.1) is 0 Å². The molecule has 0 radical (unpaired) electrons. The fourth-order valence-electron chi connectivity index (χ4n) is 4.88. The molecule has 3 nitrogen and oxygen atoms in total. The van der Waals surface area contributed by atoms with E-state index in [0.717, 1.165) is 19.4 Å². The van der Waals surface area contributed by atoms with E-state index in [0.29, 0.717) is 5.56 Å². The van der Waals surface area contributed by atoms with Crippen molar-refractivity contribution in [2.24, 2.45) is 5.41 Å². The molecule has 1 heterocycles. The van der Waals surface area contributed by atoms with Crippen molar-refractivity contribution >= 4 is 5.91 Å². The van der Waals surface area contributed by atoms with Gasteiger partial charge >= 0.3 is 0 Å². The van der Waals surface area contributed by atoms with Crippen LogP contribution in [0.15, 0.2) is 48.5 Å². The van der Waals surface area contributed by atoms with Crippen molar-refractivity contribution < 1.29 is 9.90 Å². The molecule has 130 valence electrons. The van der Waals surface area contributed by atoms with Gasteiger partial charge in [-0.25, -0.2) is 0 Å². The molecule has 2 aromatic carbocycles. The summed E-state index contributed by atoms with van der Waals surface area (Å²) in [7, 11) is 0. The number of fused-ring (bicyclic) bond motifs is 4. The number of phenolic OH excluding ortho intramolecular Hbond substituents is 1. The minimum atomic E-state index is 0.00613. The Labute approximate surface area is 149 Å². The van der Waals surface area contributed by atoms with Crippen molar-refractivity contribution in [2.75, 3.05) is 6.54 Å². The van der Waals surface area contributed by atoms with Crippen LogP contribution < -0.4 is 0 Å². The highest BCUT2D eigenvalue weighted by Crippen LogP contribution is 2.56. The summed E-state index contributed by atoms with van der Waals surface area (Å²) in [6, 6.07) is 15.5. The van der Waals surface area contributed by atoms with Crippen LogP contribution in [0.25, 0.3) is 0 Å². The van der Waals surface area contributed by atoms with Crippen molar-refractivity contribution in [3.8, 4) is 5.75 Å². The molecule has 1 aliphatic carbocycles. The first-order valence-electron chi connectivity index (χ1n) is 9.03. The quantitative estimate of drug-likeness (QED) is 0.850. The van der Waals surface area contributed by atoms with Gasteiger partial charge in [0.1, 0.15) is 5.75 Å². The third kappa shape index (κ3) is 2.21. The summed E-state index contributed by atoms with van der Waals surface area (Å²) in [6.07, 6.45) is 1.87. The van der Waals surface area contributed by atoms with Crippen molar-refractivity contribution in [3.05, 3.63) is 65.2 Å². The SMILES string of the molecule is CC1(C)[C@H]2Cc3ccccc3[C@]1(C)CCN2C(=O)c1ccc(O)cc1. The van der Waals surface area contributed by atoms with E-state index < -0.39 is 0 Å². The normalized spacial score (nSPS) is 26.8. The Kier molecular flexibility index (Phi) is 3.47. The zero-order valence-corrected chi connectivity index (χ0v) is 15.1. The fraction of sp³-hybridized carbons (Fsp3) is 0.409. The maximum atomic E-state index is 13.2. The standard InChI is InChI=1S/C22H25NO2/c1-21(2)19-14-16-6-4-5-7-18(16)22(21,3)12-13-23(19)20(25)15-8-10-17(24)11-9-15/h4-11,19,24H,12-14H2,1-3H3/t19-,22+/m1/s1. The highest BCUT2D eigenvalue weighted by atomic mass is 16.3. The molecule has 2 atom stereocenters. The molecule has 0 saturated carbocycles. The van der Waals surface area contributed by atoms with Crippen LogP contribution in [0.2, 0.25) is 0 Å². The van der Waals surface area contributed by atoms with Gasteiger partial charge in [-0.2, -0.15) is 0 Å². The van der Waals surface area contributed by atoms with E-state index in [1.54, 1.807) is 24.3 Å². The van der Waals surface area contributed by atoms with Gasteiger partial charge in [0.25, 0.3) is 5.91 Å². The molecule has 3 heteroatoms. The number of amides is 1. The van der Waals surface area contributed by atoms with Crippen molar-refractivity contribution in [2.45, 2.75) is 45.1 Å². The van der Waals surface area contributed by atoms with Crippen molar-refractivity contribution in [3.63, 3.8) is 0 Å². The number of aromatic hydroxyl groups is 1. The second-order valence-corrected chi connectivity index (χ2v) is 8.23. The zero-order chi connectivity index (χ0) is 17.8. The molecule has 1 saturated heterocycles. The maximum absolute atomic E-state index is 13.2. The molecule has 25 heavy (non-hydrogen) atoms. The highest BCUT2D eigenvalue weighted by Gasteiger charge is 2.56. The lowest BCUT2D eigenvalue weighted by atomic mass is 9.51. The number of rotatable bonds is 1. The minimum absolute atomic E-state index is 0.00613. The van der Waals surface area contributed by atoms with Gasteiger partial charge in [-0.3, -0.25) is 4.79 Å². The molecule has 1 fully saturated rings. The Morgan fingerprint density at radius 1 is 1.08 bits per heavy atom. The highest BCUT2D eigenvalue weighted by molar-refractivity contribution is 5.94. The molecular weight excluding hydrogens is 310 g/mol. The number of benzene rings is 2. The van der Waals surface area contributed by atoms with Crippen LogP contribution in [0.4, 0.5) is 0 Å². The smallest absolute Gasteiger partial charge is 0.254 e. The third-order valence-electron chi connectivity index (χ3n) is 6.88. The summed E-state index contributed by atoms with van der Waals surface area (Å²) in [4.78, 5) is 15.2. The number of likely N-dealkylation sites (tertiary alicyclic amines) is 1. The largest absolute Gasteiger partial charge is 0.508 e. The molecule has 0 unspecified atom stereocenters. The molecule has 1 amide bonds. The van der Waals surface area contributed by atoms with Crippen LogP contribution in [0.3, 0.4) is 0 Å². The lowest BCUT2D eigenvalue weighted by molar-refractivity contribution is -0.0262. The Morgan fingerprint density at radius 3 is 2.48 bits per heavy atom. The first-order chi connectivity index (χ1) is 11.8.